The first-order valence-corrected chi connectivity index (χ1v) is 16.6. The van der Waals surface area contributed by atoms with Crippen molar-refractivity contribution in [1.29, 1.82) is 0 Å². The fraction of sp³-hybridized carbons (Fsp3) is 0. The van der Waals surface area contributed by atoms with Crippen molar-refractivity contribution < 1.29 is 4.42 Å². The van der Waals surface area contributed by atoms with E-state index in [2.05, 4.69) is 170 Å². The lowest BCUT2D eigenvalue weighted by atomic mass is 9.91. The minimum atomic E-state index is 0.610. The number of hydrogen-bond donors (Lipinski definition) is 0. The Labute approximate surface area is 282 Å². The van der Waals surface area contributed by atoms with Crippen LogP contribution in [0.2, 0.25) is 0 Å². The second kappa shape index (κ2) is 11.0. The Hall–Kier alpha value is -6.58. The maximum Gasteiger partial charge on any atom is 0.227 e. The van der Waals surface area contributed by atoms with Crippen LogP contribution >= 0.6 is 0 Å². The lowest BCUT2D eigenvalue weighted by molar-refractivity contribution is 0.623. The molecule has 0 saturated heterocycles. The molecule has 2 aromatic heterocycles. The Morgan fingerprint density at radius 1 is 0.327 bits per heavy atom. The van der Waals surface area contributed by atoms with Gasteiger partial charge < -0.3 is 4.42 Å². The molecule has 3 nitrogen and oxygen atoms in total. The van der Waals surface area contributed by atoms with Gasteiger partial charge in [0, 0.05) is 32.7 Å². The summed E-state index contributed by atoms with van der Waals surface area (Å²) in [4.78, 5) is 10.4. The molecular formula is C46H28N2O. The Bertz CT molecular complexity index is 2780. The second-order valence-corrected chi connectivity index (χ2v) is 12.5. The summed E-state index contributed by atoms with van der Waals surface area (Å²) in [5, 5.41) is 7.98. The third-order valence-corrected chi connectivity index (χ3v) is 9.69. The topological polar surface area (TPSA) is 38.9 Å². The predicted octanol–water partition coefficient (Wildman–Crippen LogP) is 12.5. The van der Waals surface area contributed by atoms with Crippen molar-refractivity contribution in [2.45, 2.75) is 0 Å². The molecule has 0 bridgehead atoms. The smallest absolute Gasteiger partial charge is 0.227 e. The number of hydrogen-bond acceptors (Lipinski definition) is 3. The van der Waals surface area contributed by atoms with E-state index in [4.69, 9.17) is 14.4 Å². The fourth-order valence-corrected chi connectivity index (χ4v) is 7.35. The van der Waals surface area contributed by atoms with E-state index in [0.717, 1.165) is 66.1 Å². The summed E-state index contributed by atoms with van der Waals surface area (Å²) in [5.74, 6) is 0.610. The van der Waals surface area contributed by atoms with Crippen molar-refractivity contribution in [3.63, 3.8) is 0 Å². The molecule has 0 aliphatic heterocycles. The van der Waals surface area contributed by atoms with Crippen molar-refractivity contribution in [2.24, 2.45) is 0 Å². The van der Waals surface area contributed by atoms with Crippen molar-refractivity contribution in [3.05, 3.63) is 170 Å². The molecule has 0 N–H and O–H groups in total. The van der Waals surface area contributed by atoms with E-state index < -0.39 is 0 Å². The molecule has 228 valence electrons. The van der Waals surface area contributed by atoms with Gasteiger partial charge in [0.1, 0.15) is 5.52 Å². The largest absolute Gasteiger partial charge is 0.435 e. The van der Waals surface area contributed by atoms with E-state index in [-0.39, 0.29) is 0 Å². The average Bonchev–Trinajstić information content (AvgIpc) is 3.64. The fourth-order valence-electron chi connectivity index (χ4n) is 7.35. The number of fused-ring (bicyclic) bond motifs is 9. The van der Waals surface area contributed by atoms with E-state index in [1.807, 2.05) is 0 Å². The van der Waals surface area contributed by atoms with Crippen molar-refractivity contribution in [3.8, 4) is 45.0 Å². The Morgan fingerprint density at radius 2 is 0.816 bits per heavy atom. The quantitative estimate of drug-likeness (QED) is 0.183. The third kappa shape index (κ3) is 4.44. The lowest BCUT2D eigenvalue weighted by Crippen LogP contribution is -1.93. The van der Waals surface area contributed by atoms with Crippen LogP contribution in [0.1, 0.15) is 0 Å². The van der Waals surface area contributed by atoms with Crippen LogP contribution in [-0.2, 0) is 0 Å². The van der Waals surface area contributed by atoms with Gasteiger partial charge in [0.15, 0.2) is 5.58 Å². The maximum absolute atomic E-state index is 6.52. The van der Waals surface area contributed by atoms with E-state index in [0.29, 0.717) is 5.89 Å². The summed E-state index contributed by atoms with van der Waals surface area (Å²) in [6.45, 7) is 0. The van der Waals surface area contributed by atoms with Gasteiger partial charge in [-0.2, -0.15) is 0 Å². The average molecular weight is 625 g/mol. The molecule has 0 fully saturated rings. The molecule has 0 aliphatic rings. The number of oxazole rings is 1. The minimum Gasteiger partial charge on any atom is -0.435 e. The van der Waals surface area contributed by atoms with Crippen LogP contribution in [0.3, 0.4) is 0 Å². The first-order chi connectivity index (χ1) is 24.3. The van der Waals surface area contributed by atoms with Gasteiger partial charge in [0.2, 0.25) is 5.89 Å². The number of benzene rings is 8. The van der Waals surface area contributed by atoms with Gasteiger partial charge in [-0.3, -0.25) is 0 Å². The van der Waals surface area contributed by atoms with Crippen LogP contribution < -0.4 is 0 Å². The van der Waals surface area contributed by atoms with Gasteiger partial charge in [-0.1, -0.05) is 146 Å². The Balaban J connectivity index is 1.15. The van der Waals surface area contributed by atoms with E-state index >= 15 is 0 Å². The summed E-state index contributed by atoms with van der Waals surface area (Å²) in [6, 6.07) is 59.7. The standard InChI is InChI=1S/C46H28N2O/c1-3-13-29(14-4-1)39-27-41-40(30-15-5-2-6-16-30)28-42(47-43(41)36-20-10-8-19-35(36)39)31-23-25-32(26-24-31)46-48-44-37-21-11-7-17-33(37)34-18-9-12-22-38(34)45(44)49-46/h1-28H. The molecular weight excluding hydrogens is 597 g/mol. The van der Waals surface area contributed by atoms with Crippen molar-refractivity contribution >= 4 is 54.3 Å². The third-order valence-electron chi connectivity index (χ3n) is 9.69. The summed E-state index contributed by atoms with van der Waals surface area (Å²) in [6.07, 6.45) is 0. The zero-order valence-corrected chi connectivity index (χ0v) is 26.5. The maximum atomic E-state index is 6.52. The van der Waals surface area contributed by atoms with Crippen LogP contribution in [0.5, 0.6) is 0 Å². The predicted molar refractivity (Wildman–Crippen MR) is 204 cm³/mol. The molecule has 0 aliphatic carbocycles. The second-order valence-electron chi connectivity index (χ2n) is 12.5. The minimum absolute atomic E-state index is 0.610. The van der Waals surface area contributed by atoms with Crippen molar-refractivity contribution in [2.75, 3.05) is 0 Å². The summed E-state index contributed by atoms with van der Waals surface area (Å²) in [5.41, 5.74) is 10.3. The number of rotatable bonds is 4. The highest BCUT2D eigenvalue weighted by atomic mass is 16.3. The Kier molecular flexibility index (Phi) is 6.18. The number of nitrogens with zero attached hydrogens (tertiary/aromatic N) is 2. The zero-order valence-electron chi connectivity index (χ0n) is 26.5. The van der Waals surface area contributed by atoms with Gasteiger partial charge in [-0.15, -0.1) is 0 Å². The first-order valence-electron chi connectivity index (χ1n) is 16.6. The van der Waals surface area contributed by atoms with Gasteiger partial charge >= 0.3 is 0 Å². The van der Waals surface area contributed by atoms with Crippen molar-refractivity contribution in [1.82, 2.24) is 9.97 Å². The molecule has 49 heavy (non-hydrogen) atoms. The molecule has 0 saturated carbocycles. The highest BCUT2D eigenvalue weighted by Crippen LogP contribution is 2.41. The van der Waals surface area contributed by atoms with Crippen LogP contribution in [0.4, 0.5) is 0 Å². The first kappa shape index (κ1) is 27.5. The van der Waals surface area contributed by atoms with Gasteiger partial charge in [-0.25, -0.2) is 9.97 Å². The lowest BCUT2D eigenvalue weighted by Gasteiger charge is -2.16. The number of aromatic nitrogens is 2. The van der Waals surface area contributed by atoms with E-state index in [1.54, 1.807) is 0 Å². The number of pyridine rings is 1. The molecule has 2 heterocycles. The van der Waals surface area contributed by atoms with Crippen LogP contribution in [0, 0.1) is 0 Å². The SMILES string of the molecule is c1ccc(-c2cc3c(-c4ccccc4)cc(-c4ccc(-c5nc6c7ccccc7c7ccccc7c6o5)cc4)nc3c3ccccc23)cc1. The van der Waals surface area contributed by atoms with Crippen LogP contribution in [-0.4, -0.2) is 9.97 Å². The highest BCUT2D eigenvalue weighted by molar-refractivity contribution is 6.23. The highest BCUT2D eigenvalue weighted by Gasteiger charge is 2.18. The van der Waals surface area contributed by atoms with Crippen LogP contribution in [0.25, 0.3) is 99.3 Å². The molecule has 10 aromatic rings. The molecule has 0 radical (unpaired) electrons. The molecule has 0 spiro atoms. The summed E-state index contributed by atoms with van der Waals surface area (Å²) in [7, 11) is 0. The van der Waals surface area contributed by atoms with Gasteiger partial charge in [0.25, 0.3) is 0 Å². The molecule has 0 atom stereocenters. The molecule has 3 heteroatoms. The molecule has 0 unspecified atom stereocenters. The molecule has 10 rings (SSSR count). The molecule has 8 aromatic carbocycles. The Morgan fingerprint density at radius 3 is 1.47 bits per heavy atom. The van der Waals surface area contributed by atoms with E-state index in [9.17, 15) is 0 Å². The molecule has 0 amide bonds. The summed E-state index contributed by atoms with van der Waals surface area (Å²) >= 11 is 0. The van der Waals surface area contributed by atoms with Gasteiger partial charge in [-0.05, 0) is 62.7 Å². The normalized spacial score (nSPS) is 11.7. The zero-order chi connectivity index (χ0) is 32.3. The van der Waals surface area contributed by atoms with Crippen LogP contribution in [0.15, 0.2) is 174 Å². The monoisotopic (exact) mass is 624 g/mol. The summed E-state index contributed by atoms with van der Waals surface area (Å²) < 4.78 is 6.52. The van der Waals surface area contributed by atoms with Gasteiger partial charge in [0.05, 0.1) is 11.2 Å². The van der Waals surface area contributed by atoms with E-state index in [1.165, 1.54) is 27.3 Å².